The Kier molecular flexibility index (Phi) is 11.9. The number of aromatic nitrogens is 1. The Morgan fingerprint density at radius 1 is 1.14 bits per heavy atom. The number of carbonyl (C=O) groups is 3. The number of hydrogen-bond donors (Lipinski definition) is 4. The number of carbonyl (C=O) groups excluding carboxylic acids is 3. The number of rotatable bonds is 12. The van der Waals surface area contributed by atoms with Crippen molar-refractivity contribution in [1.29, 1.82) is 0 Å². The first-order chi connectivity index (χ1) is 20.9. The van der Waals surface area contributed by atoms with E-state index in [1.807, 2.05) is 64.4 Å². The minimum Gasteiger partial charge on any atom is -0.391 e. The molecule has 44 heavy (non-hydrogen) atoms. The number of aryl methyl sites for hydroxylation is 1. The second-order valence-corrected chi connectivity index (χ2v) is 13.6. The quantitative estimate of drug-likeness (QED) is 0.263. The zero-order valence-electron chi connectivity index (χ0n) is 26.4. The molecular formula is C32H47N5O6S. The van der Waals surface area contributed by atoms with E-state index in [-0.39, 0.29) is 44.2 Å². The van der Waals surface area contributed by atoms with Crippen LogP contribution in [-0.4, -0.2) is 96.5 Å². The molecule has 0 aliphatic carbocycles. The van der Waals surface area contributed by atoms with Gasteiger partial charge < -0.3 is 35.4 Å². The van der Waals surface area contributed by atoms with Crippen molar-refractivity contribution in [3.8, 4) is 10.4 Å². The Balaban J connectivity index is 1.32. The van der Waals surface area contributed by atoms with E-state index in [4.69, 9.17) is 9.47 Å². The molecule has 0 saturated carbocycles. The smallest absolute Gasteiger partial charge is 0.246 e. The number of ether oxygens (including phenoxy) is 2. The molecule has 4 unspecified atom stereocenters. The number of piperidine rings is 1. The Morgan fingerprint density at radius 2 is 1.84 bits per heavy atom. The number of likely N-dealkylation sites (tertiary alicyclic amines) is 1. The second kappa shape index (κ2) is 15.4. The molecule has 2 aliphatic rings. The molecule has 2 fully saturated rings. The Morgan fingerprint density at radius 3 is 2.48 bits per heavy atom. The van der Waals surface area contributed by atoms with E-state index in [2.05, 4.69) is 20.9 Å². The summed E-state index contributed by atoms with van der Waals surface area (Å²) >= 11 is 1.58. The van der Waals surface area contributed by atoms with Crippen LogP contribution >= 0.6 is 11.3 Å². The fourth-order valence-electron chi connectivity index (χ4n) is 5.62. The number of aliphatic hydroxyl groups excluding tert-OH is 1. The molecule has 1 aromatic carbocycles. The zero-order chi connectivity index (χ0) is 31.9. The summed E-state index contributed by atoms with van der Waals surface area (Å²) < 4.78 is 11.3. The first-order valence-corrected chi connectivity index (χ1v) is 16.3. The summed E-state index contributed by atoms with van der Waals surface area (Å²) in [5.74, 6) is -1.18. The average Bonchev–Trinajstić information content (AvgIpc) is 3.60. The molecule has 2 aliphatic heterocycles. The van der Waals surface area contributed by atoms with Gasteiger partial charge in [0.15, 0.2) is 0 Å². The molecule has 2 aromatic rings. The highest BCUT2D eigenvalue weighted by Crippen LogP contribution is 2.29. The Labute approximate surface area is 264 Å². The van der Waals surface area contributed by atoms with Gasteiger partial charge >= 0.3 is 0 Å². The molecule has 1 aromatic heterocycles. The van der Waals surface area contributed by atoms with Crippen LogP contribution < -0.4 is 16.0 Å². The lowest BCUT2D eigenvalue weighted by molar-refractivity contribution is -0.144. The van der Waals surface area contributed by atoms with Crippen LogP contribution in [0.5, 0.6) is 0 Å². The van der Waals surface area contributed by atoms with E-state index >= 15 is 0 Å². The molecule has 4 atom stereocenters. The fourth-order valence-corrected chi connectivity index (χ4v) is 6.43. The summed E-state index contributed by atoms with van der Waals surface area (Å²) in [6.07, 6.45) is 1.41. The number of benzene rings is 1. The number of aliphatic hydroxyl groups is 1. The largest absolute Gasteiger partial charge is 0.391 e. The lowest BCUT2D eigenvalue weighted by Gasteiger charge is -2.35. The molecular weight excluding hydrogens is 582 g/mol. The van der Waals surface area contributed by atoms with Gasteiger partial charge in [0.1, 0.15) is 18.7 Å². The van der Waals surface area contributed by atoms with E-state index in [1.165, 1.54) is 4.90 Å². The van der Waals surface area contributed by atoms with Crippen LogP contribution in [-0.2, 0) is 23.9 Å². The van der Waals surface area contributed by atoms with Crippen LogP contribution in [0.2, 0.25) is 0 Å². The van der Waals surface area contributed by atoms with Gasteiger partial charge in [-0.1, -0.05) is 45.0 Å². The third-order valence-electron chi connectivity index (χ3n) is 8.16. The molecule has 11 nitrogen and oxygen atoms in total. The van der Waals surface area contributed by atoms with Gasteiger partial charge in [0.25, 0.3) is 0 Å². The monoisotopic (exact) mass is 629 g/mol. The predicted octanol–water partition coefficient (Wildman–Crippen LogP) is 2.57. The van der Waals surface area contributed by atoms with Crippen molar-refractivity contribution in [3.05, 3.63) is 41.0 Å². The van der Waals surface area contributed by atoms with Crippen LogP contribution in [0.1, 0.15) is 64.3 Å². The van der Waals surface area contributed by atoms with Crippen molar-refractivity contribution < 1.29 is 29.0 Å². The summed E-state index contributed by atoms with van der Waals surface area (Å²) in [5.41, 5.74) is 4.13. The number of hydrogen-bond acceptors (Lipinski definition) is 9. The van der Waals surface area contributed by atoms with E-state index in [0.29, 0.717) is 6.61 Å². The summed E-state index contributed by atoms with van der Waals surface area (Å²) in [6.45, 7) is 11.8. The van der Waals surface area contributed by atoms with Gasteiger partial charge in [-0.25, -0.2) is 4.98 Å². The van der Waals surface area contributed by atoms with Crippen LogP contribution in [0.3, 0.4) is 0 Å². The van der Waals surface area contributed by atoms with E-state index in [1.54, 1.807) is 11.3 Å². The first kappa shape index (κ1) is 34.0. The Bertz CT molecular complexity index is 1260. The molecule has 2 saturated heterocycles. The number of β-amino-alcohol motifs (C(OH)–C–C–N with tert-alkyl or cyclic N) is 1. The normalized spacial score (nSPS) is 20.7. The summed E-state index contributed by atoms with van der Waals surface area (Å²) in [5, 5.41) is 19.6. The standard InChI is InChI=1S/C32H47N5O6S/c1-20(22-6-8-23(9-7-22)28-21(2)34-19-44-28)35-30(40)26-16-24(38)17-37(26)31(41)29(32(3,4)5)36-27(39)18-42-14-15-43-25-10-12-33-13-11-25/h6-9,19-20,24-26,29,33,38H,10-18H2,1-5H3,(H,35,40)(H,36,39). The first-order valence-electron chi connectivity index (χ1n) is 15.4. The van der Waals surface area contributed by atoms with Crippen LogP contribution in [0.25, 0.3) is 10.4 Å². The minimum absolute atomic E-state index is 0.0151. The summed E-state index contributed by atoms with van der Waals surface area (Å²) in [4.78, 5) is 46.9. The molecule has 0 spiro atoms. The molecule has 4 rings (SSSR count). The van der Waals surface area contributed by atoms with Gasteiger partial charge in [-0.2, -0.15) is 0 Å². The van der Waals surface area contributed by atoms with Crippen molar-refractivity contribution in [1.82, 2.24) is 25.8 Å². The molecule has 242 valence electrons. The molecule has 0 bridgehead atoms. The zero-order valence-corrected chi connectivity index (χ0v) is 27.2. The Hall–Kier alpha value is -2.90. The van der Waals surface area contributed by atoms with Crippen molar-refractivity contribution in [2.24, 2.45) is 5.41 Å². The van der Waals surface area contributed by atoms with Crippen LogP contribution in [0, 0.1) is 12.3 Å². The van der Waals surface area contributed by atoms with Crippen molar-refractivity contribution in [3.63, 3.8) is 0 Å². The second-order valence-electron chi connectivity index (χ2n) is 12.8. The molecule has 12 heteroatoms. The van der Waals surface area contributed by atoms with Gasteiger partial charge in [0.05, 0.1) is 47.5 Å². The maximum Gasteiger partial charge on any atom is 0.246 e. The van der Waals surface area contributed by atoms with Gasteiger partial charge in [-0.3, -0.25) is 14.4 Å². The number of thiazole rings is 1. The molecule has 0 radical (unpaired) electrons. The highest BCUT2D eigenvalue weighted by atomic mass is 32.1. The van der Waals surface area contributed by atoms with Gasteiger partial charge in [0, 0.05) is 13.0 Å². The highest BCUT2D eigenvalue weighted by molar-refractivity contribution is 7.13. The van der Waals surface area contributed by atoms with Crippen LogP contribution in [0.4, 0.5) is 0 Å². The summed E-state index contributed by atoms with van der Waals surface area (Å²) in [7, 11) is 0. The van der Waals surface area contributed by atoms with Crippen molar-refractivity contribution >= 4 is 29.1 Å². The van der Waals surface area contributed by atoms with E-state index in [0.717, 1.165) is 47.6 Å². The van der Waals surface area contributed by atoms with Crippen molar-refractivity contribution in [2.45, 2.75) is 84.2 Å². The van der Waals surface area contributed by atoms with Gasteiger partial charge in [-0.05, 0) is 56.3 Å². The molecule has 3 heterocycles. The fraction of sp³-hybridized carbons (Fsp3) is 0.625. The number of amides is 3. The third-order valence-corrected chi connectivity index (χ3v) is 9.14. The predicted molar refractivity (Wildman–Crippen MR) is 169 cm³/mol. The lowest BCUT2D eigenvalue weighted by atomic mass is 9.85. The maximum atomic E-state index is 13.8. The SMILES string of the molecule is Cc1ncsc1-c1ccc(C(C)NC(=O)C2CC(O)CN2C(=O)C(NC(=O)COCCOC2CCNCC2)C(C)(C)C)cc1. The van der Waals surface area contributed by atoms with Crippen molar-refractivity contribution in [2.75, 3.05) is 39.5 Å². The van der Waals surface area contributed by atoms with E-state index < -0.39 is 35.4 Å². The number of nitrogens with one attached hydrogen (secondary N) is 3. The minimum atomic E-state index is -0.912. The molecule has 4 N–H and O–H groups in total. The average molecular weight is 630 g/mol. The van der Waals surface area contributed by atoms with Crippen LogP contribution in [0.15, 0.2) is 29.8 Å². The maximum absolute atomic E-state index is 13.8. The highest BCUT2D eigenvalue weighted by Gasteiger charge is 2.44. The lowest BCUT2D eigenvalue weighted by Crippen LogP contribution is -2.58. The van der Waals surface area contributed by atoms with Gasteiger partial charge in [0.2, 0.25) is 17.7 Å². The summed E-state index contributed by atoms with van der Waals surface area (Å²) in [6, 6.07) is 5.87. The van der Waals surface area contributed by atoms with E-state index in [9.17, 15) is 19.5 Å². The van der Waals surface area contributed by atoms with Gasteiger partial charge in [-0.15, -0.1) is 11.3 Å². The molecule has 3 amide bonds. The topological polar surface area (TPSA) is 142 Å². The number of nitrogens with zero attached hydrogens (tertiary/aromatic N) is 2. The third kappa shape index (κ3) is 9.07.